The van der Waals surface area contributed by atoms with Crippen molar-refractivity contribution in [3.63, 3.8) is 0 Å². The summed E-state index contributed by atoms with van der Waals surface area (Å²) in [7, 11) is 0. The fraction of sp³-hybridized carbons (Fsp3) is 0.774. The summed E-state index contributed by atoms with van der Waals surface area (Å²) in [4.78, 5) is 157. The maximum Gasteiger partial charge on any atom is 0.327 e. The number of amides is 6. The molecule has 21 N–H and O–H groups in total. The third-order valence-corrected chi connectivity index (χ3v) is 14.0. The number of nitrogens with two attached hydrogens (primary N) is 1. The number of Topliss-reactive ketones (excluding diaryl/α,β-unsaturated/α-hetero) is 3. The molecule has 0 spiro atoms. The number of carboxylic acids is 3. The van der Waals surface area contributed by atoms with Gasteiger partial charge in [0.1, 0.15) is 54.5 Å². The van der Waals surface area contributed by atoms with E-state index in [-0.39, 0.29) is 32.0 Å². The first-order valence-electron chi connectivity index (χ1n) is 28.5. The molecule has 88 heavy (non-hydrogen) atoms. The fourth-order valence-corrected chi connectivity index (χ4v) is 8.22. The molecular weight excluding hydrogens is 1200 g/mol. The van der Waals surface area contributed by atoms with Crippen molar-refractivity contribution in [1.82, 2.24) is 31.9 Å². The second kappa shape index (κ2) is 45.3. The predicted octanol–water partition coefficient (Wildman–Crippen LogP) is -7.60. The Morgan fingerprint density at radius 2 is 0.909 bits per heavy atom. The summed E-state index contributed by atoms with van der Waals surface area (Å²) in [5.41, 5.74) is 6.02. The number of aliphatic hydroxyl groups excluding tert-OH is 10. The zero-order valence-electron chi connectivity index (χ0n) is 49.2. The van der Waals surface area contributed by atoms with Crippen molar-refractivity contribution in [3.05, 3.63) is 0 Å². The zero-order chi connectivity index (χ0) is 67.2. The molecule has 15 atom stereocenters. The first-order valence-corrected chi connectivity index (χ1v) is 29.1. The van der Waals surface area contributed by atoms with Crippen molar-refractivity contribution in [2.24, 2.45) is 17.6 Å². The van der Waals surface area contributed by atoms with E-state index in [4.69, 9.17) is 25.4 Å². The lowest BCUT2D eigenvalue weighted by Crippen LogP contribution is -2.53. The molecule has 35 heteroatoms. The van der Waals surface area contributed by atoms with Crippen LogP contribution in [0.2, 0.25) is 0 Å². The highest BCUT2D eigenvalue weighted by atomic mass is 32.1. The first-order chi connectivity index (χ1) is 41.3. The lowest BCUT2D eigenvalue weighted by atomic mass is 9.90. The molecule has 34 nitrogen and oxygen atoms in total. The Balaban J connectivity index is 7.06. The normalized spacial score (nSPS) is 16.6. The van der Waals surface area contributed by atoms with Crippen LogP contribution in [0.4, 0.5) is 0 Å². The molecule has 6 amide bonds. The average molecular weight is 1290 g/mol. The number of ether oxygens (including phenoxy) is 2. The third kappa shape index (κ3) is 34.2. The summed E-state index contributed by atoms with van der Waals surface area (Å²) in [6.07, 6.45) is -22.5. The zero-order valence-corrected chi connectivity index (χ0v) is 50.1. The summed E-state index contributed by atoms with van der Waals surface area (Å²) in [5.74, 6) is -16.5. The molecule has 0 unspecified atom stereocenters. The van der Waals surface area contributed by atoms with Crippen LogP contribution >= 0.6 is 12.6 Å². The number of aliphatic carboxylic acids is 3. The van der Waals surface area contributed by atoms with Crippen LogP contribution in [0.15, 0.2) is 0 Å². The minimum absolute atomic E-state index is 0.104. The van der Waals surface area contributed by atoms with Gasteiger partial charge in [-0.25, -0.2) is 4.79 Å². The molecule has 506 valence electrons. The van der Waals surface area contributed by atoms with E-state index in [0.29, 0.717) is 6.61 Å². The Morgan fingerprint density at radius 3 is 1.34 bits per heavy atom. The Morgan fingerprint density at radius 1 is 0.477 bits per heavy atom. The number of carbonyl (C=O) groups is 12. The second-order valence-corrected chi connectivity index (χ2v) is 21.2. The van der Waals surface area contributed by atoms with Gasteiger partial charge in [-0.1, -0.05) is 13.3 Å². The molecular formula is C53H91N7O27S. The quantitative estimate of drug-likeness (QED) is 0.0199. The molecule has 0 rings (SSSR count). The van der Waals surface area contributed by atoms with Crippen LogP contribution in [0.5, 0.6) is 0 Å². The van der Waals surface area contributed by atoms with E-state index in [9.17, 15) is 114 Å². The van der Waals surface area contributed by atoms with E-state index in [1.807, 2.05) is 6.92 Å². The van der Waals surface area contributed by atoms with Crippen LogP contribution in [0.1, 0.15) is 110 Å². The standard InChI is InChI=1S/C53H91N7O27S/c1-3-4-16-86-18-19-87-17-15-30(63)20-28(5-13-43(72)73)50(81)59-33(9-12-42(71)56-23-38(67)46(77)48(79)40(69)25-62)36(65)21-29(6-14-44(74)75)51(82)58-32(8-11-41(70)55-22-37(66)45(76)47(78)39(68)24-61)35(64)10-7-31(54)52(83)57-27(2)49(80)60-34(26-88)53(84)85/h27-29,31-34,37-40,45-48,61-62,66-69,76-79,88H,3-26,54H2,1-2H3,(H,55,70)(H,56,71)(H,57,83)(H,58,82)(H,59,81)(H,60,80)(H,72,73)(H,74,75)(H,84,85)/t27-,28-,29-,31-,32+,33+,34-,37-,38-,39+,40+,45+,46+,47+,48+/m0/s1. The van der Waals surface area contributed by atoms with Crippen molar-refractivity contribution in [2.45, 2.75) is 189 Å². The largest absolute Gasteiger partial charge is 0.481 e. The van der Waals surface area contributed by atoms with Gasteiger partial charge in [-0.15, -0.1) is 0 Å². The van der Waals surface area contributed by atoms with Gasteiger partial charge in [-0.2, -0.15) is 12.6 Å². The molecule has 0 radical (unpaired) electrons. The van der Waals surface area contributed by atoms with E-state index in [1.165, 1.54) is 6.92 Å². The SMILES string of the molecule is CCCCOCCOCCC(=O)C[C@H](CCC(=O)O)C(=O)N[C@H](CCC(=O)NC[C@H](O)[C@@H](O)[C@H](O)[C@H](O)CO)C(=O)C[C@H](CCC(=O)O)C(=O)N[C@H](CCC(=O)NC[C@H](O)[C@@H](O)[C@H](O)[C@H](O)CO)C(=O)CC[C@H](N)C(=O)N[C@@H](C)C(=O)N[C@@H](CS)C(=O)O. The van der Waals surface area contributed by atoms with E-state index in [1.54, 1.807) is 0 Å². The topological polar surface area (TPSA) is 584 Å². The van der Waals surface area contributed by atoms with Crippen molar-refractivity contribution in [3.8, 4) is 0 Å². The minimum Gasteiger partial charge on any atom is -0.481 e. The first kappa shape index (κ1) is 82.1. The van der Waals surface area contributed by atoms with Gasteiger partial charge in [0, 0.05) is 88.7 Å². The predicted molar refractivity (Wildman–Crippen MR) is 305 cm³/mol. The fourth-order valence-electron chi connectivity index (χ4n) is 7.97. The van der Waals surface area contributed by atoms with Gasteiger partial charge >= 0.3 is 17.9 Å². The summed E-state index contributed by atoms with van der Waals surface area (Å²) >= 11 is 3.85. The lowest BCUT2D eigenvalue weighted by Gasteiger charge is -2.26. The highest BCUT2D eigenvalue weighted by Crippen LogP contribution is 2.20. The molecule has 0 aliphatic rings. The maximum absolute atomic E-state index is 14.4. The monoisotopic (exact) mass is 1290 g/mol. The van der Waals surface area contributed by atoms with Gasteiger partial charge in [-0.3, -0.25) is 52.7 Å². The minimum atomic E-state index is -2.10. The molecule has 0 heterocycles. The number of carboxylic acid groups (broad SMARTS) is 3. The summed E-state index contributed by atoms with van der Waals surface area (Å²) in [6, 6.07) is -7.90. The summed E-state index contributed by atoms with van der Waals surface area (Å²) in [5, 5.41) is 140. The van der Waals surface area contributed by atoms with Crippen LogP contribution in [0.3, 0.4) is 0 Å². The molecule has 0 aliphatic carbocycles. The number of aliphatic hydroxyl groups is 10. The smallest absolute Gasteiger partial charge is 0.327 e. The van der Waals surface area contributed by atoms with Gasteiger partial charge in [0.15, 0.2) is 11.6 Å². The van der Waals surface area contributed by atoms with Crippen molar-refractivity contribution in [1.29, 1.82) is 0 Å². The molecule has 0 aromatic rings. The average Bonchev–Trinajstić information content (AvgIpc) is 3.59. The molecule has 0 fully saturated rings. The van der Waals surface area contributed by atoms with E-state index in [2.05, 4.69) is 44.5 Å². The maximum atomic E-state index is 14.4. The van der Waals surface area contributed by atoms with Gasteiger partial charge in [0.2, 0.25) is 35.4 Å². The van der Waals surface area contributed by atoms with Crippen LogP contribution in [-0.2, 0) is 67.0 Å². The number of rotatable bonds is 52. The molecule has 0 saturated carbocycles. The van der Waals surface area contributed by atoms with Crippen molar-refractivity contribution in [2.75, 3.05) is 58.5 Å². The second-order valence-electron chi connectivity index (χ2n) is 20.8. The molecule has 0 bridgehead atoms. The lowest BCUT2D eigenvalue weighted by molar-refractivity contribution is -0.141. The highest BCUT2D eigenvalue weighted by Gasteiger charge is 2.36. The van der Waals surface area contributed by atoms with Crippen LogP contribution in [0, 0.1) is 11.8 Å². The molecule has 0 aliphatic heterocycles. The number of thiol groups is 1. The Bertz CT molecular complexity index is 2220. The Labute approximate surface area is 512 Å². The highest BCUT2D eigenvalue weighted by molar-refractivity contribution is 7.80. The number of hydrogen-bond donors (Lipinski definition) is 21. The van der Waals surface area contributed by atoms with Gasteiger partial charge < -0.3 is 113 Å². The number of ketones is 3. The summed E-state index contributed by atoms with van der Waals surface area (Å²) in [6.45, 7) is 0.327. The summed E-state index contributed by atoms with van der Waals surface area (Å²) < 4.78 is 10.8. The Hall–Kier alpha value is -5.93. The molecule has 0 aromatic carbocycles. The number of hydrogen-bond acceptors (Lipinski definition) is 26. The van der Waals surface area contributed by atoms with E-state index in [0.717, 1.165) is 12.8 Å². The van der Waals surface area contributed by atoms with Crippen LogP contribution in [0.25, 0.3) is 0 Å². The van der Waals surface area contributed by atoms with E-state index < -0.39 is 265 Å². The van der Waals surface area contributed by atoms with Crippen LogP contribution in [-0.4, -0.2) is 275 Å². The third-order valence-electron chi connectivity index (χ3n) is 13.6. The van der Waals surface area contributed by atoms with Gasteiger partial charge in [0.25, 0.3) is 0 Å². The number of unbranched alkanes of at least 4 members (excludes halogenated alkanes) is 1. The van der Waals surface area contributed by atoms with Crippen molar-refractivity contribution < 1.29 is 133 Å². The van der Waals surface area contributed by atoms with Crippen molar-refractivity contribution >= 4 is 83.3 Å². The Kier molecular flexibility index (Phi) is 42.3. The number of nitrogens with one attached hydrogen (secondary N) is 6. The van der Waals surface area contributed by atoms with Gasteiger partial charge in [0.05, 0.1) is 63.4 Å². The molecule has 0 aromatic heterocycles. The van der Waals surface area contributed by atoms with Crippen LogP contribution < -0.4 is 37.6 Å². The van der Waals surface area contributed by atoms with Gasteiger partial charge in [-0.05, 0) is 45.4 Å². The van der Waals surface area contributed by atoms with E-state index >= 15 is 0 Å². The molecule has 0 saturated heterocycles. The number of carbonyl (C=O) groups excluding carboxylic acids is 9.